The van der Waals surface area contributed by atoms with E-state index < -0.39 is 11.8 Å². The quantitative estimate of drug-likeness (QED) is 0.472. The van der Waals surface area contributed by atoms with E-state index in [0.717, 1.165) is 7.11 Å². The van der Waals surface area contributed by atoms with Crippen LogP contribution in [0.25, 0.3) is 0 Å². The molecule has 0 aromatic carbocycles. The molecule has 5 heteroatoms. The van der Waals surface area contributed by atoms with Crippen molar-refractivity contribution in [1.82, 2.24) is 4.98 Å². The van der Waals surface area contributed by atoms with E-state index in [4.69, 9.17) is 0 Å². The first-order chi connectivity index (χ1) is 6.09. The van der Waals surface area contributed by atoms with Crippen LogP contribution in [0, 0.1) is 0 Å². The zero-order valence-corrected chi connectivity index (χ0v) is 6.97. The van der Waals surface area contributed by atoms with Gasteiger partial charge in [-0.3, -0.25) is 4.98 Å². The van der Waals surface area contributed by atoms with Crippen molar-refractivity contribution >= 4 is 5.97 Å². The zero-order chi connectivity index (χ0) is 9.90. The smallest absolute Gasteiger partial charge is 0.371 e. The lowest BCUT2D eigenvalue weighted by atomic mass is 10.1. The van der Waals surface area contributed by atoms with E-state index in [1.165, 1.54) is 24.5 Å². The van der Waals surface area contributed by atoms with Crippen molar-refractivity contribution in [3.8, 4) is 0 Å². The number of pyridine rings is 1. The van der Waals surface area contributed by atoms with Gasteiger partial charge in [-0.1, -0.05) is 0 Å². The highest BCUT2D eigenvalue weighted by atomic mass is 16.6. The van der Waals surface area contributed by atoms with Crippen molar-refractivity contribution in [3.63, 3.8) is 0 Å². The Kier molecular flexibility index (Phi) is 2.60. The first-order valence-electron chi connectivity index (χ1n) is 3.52. The highest BCUT2D eigenvalue weighted by molar-refractivity contribution is 5.78. The molecular formula is C8H9NO4. The summed E-state index contributed by atoms with van der Waals surface area (Å²) in [6.07, 6.45) is 2.69. The molecule has 0 aliphatic carbocycles. The van der Waals surface area contributed by atoms with Crippen LogP contribution in [0.3, 0.4) is 0 Å². The number of rotatable bonds is 2. The molecule has 0 amide bonds. The van der Waals surface area contributed by atoms with Crippen molar-refractivity contribution in [1.29, 1.82) is 0 Å². The number of esters is 1. The van der Waals surface area contributed by atoms with E-state index in [9.17, 15) is 15.0 Å². The van der Waals surface area contributed by atoms with E-state index in [-0.39, 0.29) is 5.56 Å². The molecule has 0 radical (unpaired) electrons. The number of carbonyl (C=O) groups is 1. The SMILES string of the molecule is COC(=O)C(O)(O)c1ccncc1. The molecule has 70 valence electrons. The number of aromatic nitrogens is 1. The number of hydrogen-bond acceptors (Lipinski definition) is 5. The fourth-order valence-corrected chi connectivity index (χ4v) is 0.844. The number of methoxy groups -OCH3 is 1. The van der Waals surface area contributed by atoms with Crippen molar-refractivity contribution in [3.05, 3.63) is 30.1 Å². The lowest BCUT2D eigenvalue weighted by Gasteiger charge is -2.18. The Morgan fingerprint density at radius 1 is 1.46 bits per heavy atom. The first kappa shape index (κ1) is 9.63. The molecule has 0 bridgehead atoms. The molecule has 0 saturated carbocycles. The molecule has 0 unspecified atom stereocenters. The molecule has 1 rings (SSSR count). The zero-order valence-electron chi connectivity index (χ0n) is 6.97. The van der Waals surface area contributed by atoms with Crippen LogP contribution in [0.2, 0.25) is 0 Å². The maximum absolute atomic E-state index is 10.9. The van der Waals surface area contributed by atoms with E-state index in [0.29, 0.717) is 0 Å². The molecule has 1 aromatic rings. The molecule has 1 heterocycles. The van der Waals surface area contributed by atoms with Gasteiger partial charge < -0.3 is 14.9 Å². The third-order valence-electron chi connectivity index (χ3n) is 1.55. The topological polar surface area (TPSA) is 79.7 Å². The second-order valence-electron chi connectivity index (χ2n) is 2.40. The third-order valence-corrected chi connectivity index (χ3v) is 1.55. The summed E-state index contributed by atoms with van der Waals surface area (Å²) >= 11 is 0. The Hall–Kier alpha value is -1.46. The summed E-state index contributed by atoms with van der Waals surface area (Å²) in [5.41, 5.74) is 0.0225. The van der Waals surface area contributed by atoms with Gasteiger partial charge in [-0.15, -0.1) is 0 Å². The van der Waals surface area contributed by atoms with Crippen LogP contribution in [0.5, 0.6) is 0 Å². The van der Waals surface area contributed by atoms with Gasteiger partial charge in [0.25, 0.3) is 5.79 Å². The van der Waals surface area contributed by atoms with Gasteiger partial charge in [0.15, 0.2) is 0 Å². The molecule has 2 N–H and O–H groups in total. The van der Waals surface area contributed by atoms with Crippen LogP contribution >= 0.6 is 0 Å². The average molecular weight is 183 g/mol. The van der Waals surface area contributed by atoms with Gasteiger partial charge in [-0.05, 0) is 12.1 Å². The second kappa shape index (κ2) is 3.51. The predicted octanol–water partition coefficient (Wildman–Crippen LogP) is -0.608. The summed E-state index contributed by atoms with van der Waals surface area (Å²) < 4.78 is 4.21. The highest BCUT2D eigenvalue weighted by Gasteiger charge is 2.36. The number of aliphatic hydroxyl groups is 2. The summed E-state index contributed by atoms with van der Waals surface area (Å²) in [6.45, 7) is 0. The van der Waals surface area contributed by atoms with Crippen LogP contribution in [-0.4, -0.2) is 28.3 Å². The molecule has 1 aromatic heterocycles. The summed E-state index contributed by atoms with van der Waals surface area (Å²) in [5.74, 6) is -3.73. The maximum Gasteiger partial charge on any atom is 0.371 e. The van der Waals surface area contributed by atoms with Crippen molar-refractivity contribution < 1.29 is 19.7 Å². The Labute approximate surface area is 74.6 Å². The fraction of sp³-hybridized carbons (Fsp3) is 0.250. The standard InChI is InChI=1S/C8H9NO4/c1-13-7(10)8(11,12)6-2-4-9-5-3-6/h2-5,11-12H,1H3. The number of ether oxygens (including phenoxy) is 1. The molecule has 0 spiro atoms. The third kappa shape index (κ3) is 1.82. The molecule has 0 aliphatic heterocycles. The van der Waals surface area contributed by atoms with Crippen LogP contribution in [0.1, 0.15) is 5.56 Å². The first-order valence-corrected chi connectivity index (χ1v) is 3.52. The minimum Gasteiger partial charge on any atom is -0.465 e. The molecule has 0 atom stereocenters. The summed E-state index contributed by atoms with van der Waals surface area (Å²) in [5, 5.41) is 18.6. The molecule has 0 fully saturated rings. The molecule has 0 saturated heterocycles. The minimum atomic E-state index is -2.60. The Morgan fingerprint density at radius 2 is 2.00 bits per heavy atom. The molecule has 5 nitrogen and oxygen atoms in total. The average Bonchev–Trinajstić information content (AvgIpc) is 2.18. The number of nitrogens with zero attached hydrogens (tertiary/aromatic N) is 1. The second-order valence-corrected chi connectivity index (χ2v) is 2.40. The van der Waals surface area contributed by atoms with E-state index >= 15 is 0 Å². The summed E-state index contributed by atoms with van der Waals surface area (Å²) in [4.78, 5) is 14.6. The largest absolute Gasteiger partial charge is 0.465 e. The normalized spacial score (nSPS) is 11.0. The van der Waals surface area contributed by atoms with Gasteiger partial charge in [0, 0.05) is 18.0 Å². The van der Waals surface area contributed by atoms with Gasteiger partial charge in [-0.2, -0.15) is 0 Å². The monoisotopic (exact) mass is 183 g/mol. The van der Waals surface area contributed by atoms with E-state index in [1.54, 1.807) is 0 Å². The summed E-state index contributed by atoms with van der Waals surface area (Å²) in [6, 6.07) is 2.63. The number of hydrogen-bond donors (Lipinski definition) is 2. The van der Waals surface area contributed by atoms with Crippen LogP contribution < -0.4 is 0 Å². The van der Waals surface area contributed by atoms with Gasteiger partial charge in [-0.25, -0.2) is 4.79 Å². The maximum atomic E-state index is 10.9. The lowest BCUT2D eigenvalue weighted by Crippen LogP contribution is -2.36. The van der Waals surface area contributed by atoms with E-state index in [2.05, 4.69) is 9.72 Å². The Balaban J connectivity index is 3.00. The van der Waals surface area contributed by atoms with Gasteiger partial charge in [0.2, 0.25) is 0 Å². The lowest BCUT2D eigenvalue weighted by molar-refractivity contribution is -0.211. The number of carbonyl (C=O) groups excluding carboxylic acids is 1. The van der Waals surface area contributed by atoms with Crippen LogP contribution in [0.4, 0.5) is 0 Å². The predicted molar refractivity (Wildman–Crippen MR) is 42.4 cm³/mol. The Morgan fingerprint density at radius 3 is 2.46 bits per heavy atom. The van der Waals surface area contributed by atoms with Gasteiger partial charge in [0.05, 0.1) is 7.11 Å². The summed E-state index contributed by atoms with van der Waals surface area (Å²) in [7, 11) is 1.07. The molecular weight excluding hydrogens is 174 g/mol. The molecule has 0 aliphatic rings. The van der Waals surface area contributed by atoms with Crippen LogP contribution in [-0.2, 0) is 15.3 Å². The Bertz CT molecular complexity index is 296. The van der Waals surface area contributed by atoms with Crippen LogP contribution in [0.15, 0.2) is 24.5 Å². The van der Waals surface area contributed by atoms with Crippen molar-refractivity contribution in [2.45, 2.75) is 5.79 Å². The van der Waals surface area contributed by atoms with E-state index in [1.807, 2.05) is 0 Å². The molecule has 13 heavy (non-hydrogen) atoms. The fourth-order valence-electron chi connectivity index (χ4n) is 0.844. The van der Waals surface area contributed by atoms with Gasteiger partial charge >= 0.3 is 5.97 Å². The highest BCUT2D eigenvalue weighted by Crippen LogP contribution is 2.17. The van der Waals surface area contributed by atoms with Gasteiger partial charge in [0.1, 0.15) is 0 Å². The van der Waals surface area contributed by atoms with Crippen molar-refractivity contribution in [2.75, 3.05) is 7.11 Å². The minimum absolute atomic E-state index is 0.0225. The van der Waals surface area contributed by atoms with Crippen molar-refractivity contribution in [2.24, 2.45) is 0 Å².